The molecule has 4 nitrogen and oxygen atoms in total. The van der Waals surface area contributed by atoms with Crippen LogP contribution in [0.25, 0.3) is 0 Å². The second kappa shape index (κ2) is 4.07. The van der Waals surface area contributed by atoms with Crippen LogP contribution in [0, 0.1) is 0 Å². The Kier molecular flexibility index (Phi) is 3.27. The van der Waals surface area contributed by atoms with Crippen molar-refractivity contribution in [1.82, 2.24) is 9.80 Å². The lowest BCUT2D eigenvalue weighted by atomic mass is 10.1. The van der Waals surface area contributed by atoms with E-state index in [0.717, 1.165) is 13.1 Å². The number of nitrogens with zero attached hydrogens (tertiary/aromatic N) is 2. The number of hydrogen-bond acceptors (Lipinski definition) is 3. The van der Waals surface area contributed by atoms with Crippen molar-refractivity contribution < 1.29 is 4.79 Å². The molecule has 2 atom stereocenters. The zero-order valence-electron chi connectivity index (χ0n) is 8.66. The molecule has 1 heterocycles. The van der Waals surface area contributed by atoms with Crippen LogP contribution in [0.3, 0.4) is 0 Å². The molecule has 0 aromatic heterocycles. The molecule has 2 N–H and O–H groups in total. The van der Waals surface area contributed by atoms with Crippen LogP contribution in [0.4, 0.5) is 0 Å². The molecule has 1 fully saturated rings. The lowest BCUT2D eigenvalue weighted by Gasteiger charge is -2.42. The highest BCUT2D eigenvalue weighted by Crippen LogP contribution is 2.12. The van der Waals surface area contributed by atoms with Gasteiger partial charge < -0.3 is 10.6 Å². The molecule has 0 unspecified atom stereocenters. The van der Waals surface area contributed by atoms with Gasteiger partial charge in [0.15, 0.2) is 0 Å². The molecule has 0 radical (unpaired) electrons. The number of likely N-dealkylation sites (N-methyl/N-ethyl adjacent to an activating group) is 1. The molecule has 1 amide bonds. The predicted octanol–water partition coefficient (Wildman–Crippen LogP) is -0.504. The number of nitrogens with two attached hydrogens (primary N) is 1. The van der Waals surface area contributed by atoms with E-state index in [1.54, 1.807) is 0 Å². The highest BCUT2D eigenvalue weighted by Gasteiger charge is 2.28. The minimum absolute atomic E-state index is 0.0619. The summed E-state index contributed by atoms with van der Waals surface area (Å²) in [6, 6.07) is 0.860. The van der Waals surface area contributed by atoms with Gasteiger partial charge in [0, 0.05) is 25.2 Å². The number of carbonyl (C=O) groups excluding carboxylic acids is 1. The van der Waals surface area contributed by atoms with Crippen LogP contribution >= 0.6 is 0 Å². The molecule has 0 saturated carbocycles. The van der Waals surface area contributed by atoms with Gasteiger partial charge in [0.25, 0.3) is 0 Å². The van der Waals surface area contributed by atoms with Crippen LogP contribution in [-0.4, -0.2) is 54.5 Å². The zero-order valence-corrected chi connectivity index (χ0v) is 8.66. The van der Waals surface area contributed by atoms with E-state index >= 15 is 0 Å². The first-order valence-corrected chi connectivity index (χ1v) is 4.76. The Morgan fingerprint density at radius 1 is 1.38 bits per heavy atom. The Hall–Kier alpha value is -0.610. The van der Waals surface area contributed by atoms with Gasteiger partial charge in [-0.05, 0) is 20.9 Å². The summed E-state index contributed by atoms with van der Waals surface area (Å²) in [5.74, 6) is 0.0619. The molecule has 0 bridgehead atoms. The highest BCUT2D eigenvalue weighted by molar-refractivity contribution is 5.78. The summed E-state index contributed by atoms with van der Waals surface area (Å²) < 4.78 is 0. The Morgan fingerprint density at radius 2 is 1.85 bits per heavy atom. The first-order valence-electron chi connectivity index (χ1n) is 4.76. The van der Waals surface area contributed by atoms with E-state index in [1.165, 1.54) is 0 Å². The van der Waals surface area contributed by atoms with Gasteiger partial charge in [-0.15, -0.1) is 0 Å². The molecule has 0 spiro atoms. The molecule has 1 aliphatic rings. The van der Waals surface area contributed by atoms with Crippen LogP contribution in [-0.2, 0) is 4.79 Å². The molecule has 13 heavy (non-hydrogen) atoms. The summed E-state index contributed by atoms with van der Waals surface area (Å²) in [5, 5.41) is 0. The summed E-state index contributed by atoms with van der Waals surface area (Å²) in [5.41, 5.74) is 5.32. The molecule has 0 aliphatic carbocycles. The fourth-order valence-electron chi connectivity index (χ4n) is 1.74. The Balaban J connectivity index is 2.58. The summed E-state index contributed by atoms with van der Waals surface area (Å²) in [6.45, 7) is 6.00. The van der Waals surface area contributed by atoms with Gasteiger partial charge >= 0.3 is 0 Å². The maximum Gasteiger partial charge on any atom is 0.236 e. The van der Waals surface area contributed by atoms with Gasteiger partial charge in [0.2, 0.25) is 5.91 Å². The van der Waals surface area contributed by atoms with Gasteiger partial charge in [0.1, 0.15) is 0 Å². The monoisotopic (exact) mass is 185 g/mol. The quantitative estimate of drug-likeness (QED) is 0.599. The number of rotatable bonds is 1. The van der Waals surface area contributed by atoms with Gasteiger partial charge in [-0.25, -0.2) is 0 Å². The standard InChI is InChI=1S/C9H19N3O/c1-7-5-12(9(13)4-10)6-8(2)11(7)3/h7-8H,4-6,10H2,1-3H3/t7-,8+. The third-order valence-corrected chi connectivity index (χ3v) is 2.89. The van der Waals surface area contributed by atoms with E-state index in [1.807, 2.05) is 4.90 Å². The molecular formula is C9H19N3O. The van der Waals surface area contributed by atoms with E-state index in [0.29, 0.717) is 12.1 Å². The fraction of sp³-hybridized carbons (Fsp3) is 0.889. The van der Waals surface area contributed by atoms with Crippen molar-refractivity contribution in [2.24, 2.45) is 5.73 Å². The SMILES string of the molecule is C[C@@H]1CN(C(=O)CN)C[C@H](C)N1C. The van der Waals surface area contributed by atoms with Gasteiger partial charge in [0.05, 0.1) is 6.54 Å². The molecular weight excluding hydrogens is 166 g/mol. The summed E-state index contributed by atoms with van der Waals surface area (Å²) in [6.07, 6.45) is 0. The first-order chi connectivity index (χ1) is 6.06. The third kappa shape index (κ3) is 2.19. The van der Waals surface area contributed by atoms with E-state index in [-0.39, 0.29) is 12.5 Å². The van der Waals surface area contributed by atoms with Gasteiger partial charge in [-0.2, -0.15) is 0 Å². The molecule has 0 aromatic rings. The second-order valence-electron chi connectivity index (χ2n) is 3.87. The molecule has 1 saturated heterocycles. The Morgan fingerprint density at radius 3 is 2.23 bits per heavy atom. The average molecular weight is 185 g/mol. The lowest BCUT2D eigenvalue weighted by Crippen LogP contribution is -2.57. The smallest absolute Gasteiger partial charge is 0.236 e. The summed E-state index contributed by atoms with van der Waals surface area (Å²) in [7, 11) is 2.10. The number of amides is 1. The minimum Gasteiger partial charge on any atom is -0.338 e. The maximum absolute atomic E-state index is 11.3. The predicted molar refractivity (Wildman–Crippen MR) is 52.3 cm³/mol. The maximum atomic E-state index is 11.3. The average Bonchev–Trinajstić information content (AvgIpc) is 2.12. The van der Waals surface area contributed by atoms with E-state index in [4.69, 9.17) is 5.73 Å². The van der Waals surface area contributed by atoms with Crippen LogP contribution in [0.1, 0.15) is 13.8 Å². The normalized spacial score (nSPS) is 30.6. The van der Waals surface area contributed by atoms with Crippen molar-refractivity contribution in [3.8, 4) is 0 Å². The van der Waals surface area contributed by atoms with Crippen molar-refractivity contribution >= 4 is 5.91 Å². The van der Waals surface area contributed by atoms with Crippen LogP contribution in [0.15, 0.2) is 0 Å². The number of carbonyl (C=O) groups is 1. The summed E-state index contributed by atoms with van der Waals surface area (Å²) in [4.78, 5) is 15.5. The largest absolute Gasteiger partial charge is 0.338 e. The zero-order chi connectivity index (χ0) is 10.0. The minimum atomic E-state index is 0.0619. The van der Waals surface area contributed by atoms with Crippen molar-refractivity contribution in [3.05, 3.63) is 0 Å². The lowest BCUT2D eigenvalue weighted by molar-refractivity contribution is -0.133. The molecule has 76 valence electrons. The van der Waals surface area contributed by atoms with Crippen molar-refractivity contribution in [2.75, 3.05) is 26.7 Å². The molecule has 0 aromatic carbocycles. The third-order valence-electron chi connectivity index (χ3n) is 2.89. The molecule has 1 rings (SSSR count). The molecule has 4 heteroatoms. The van der Waals surface area contributed by atoms with Crippen molar-refractivity contribution in [2.45, 2.75) is 25.9 Å². The topological polar surface area (TPSA) is 49.6 Å². The number of hydrogen-bond donors (Lipinski definition) is 1. The highest BCUT2D eigenvalue weighted by atomic mass is 16.2. The Bertz CT molecular complexity index is 183. The van der Waals surface area contributed by atoms with Crippen LogP contribution in [0.2, 0.25) is 0 Å². The number of piperazine rings is 1. The van der Waals surface area contributed by atoms with Gasteiger partial charge in [-0.1, -0.05) is 0 Å². The van der Waals surface area contributed by atoms with Crippen LogP contribution in [0.5, 0.6) is 0 Å². The van der Waals surface area contributed by atoms with Gasteiger partial charge in [-0.3, -0.25) is 9.69 Å². The Labute approximate surface area is 79.7 Å². The van der Waals surface area contributed by atoms with E-state index < -0.39 is 0 Å². The van der Waals surface area contributed by atoms with E-state index in [2.05, 4.69) is 25.8 Å². The second-order valence-corrected chi connectivity index (χ2v) is 3.87. The van der Waals surface area contributed by atoms with E-state index in [9.17, 15) is 4.79 Å². The first kappa shape index (κ1) is 10.5. The van der Waals surface area contributed by atoms with Crippen molar-refractivity contribution in [3.63, 3.8) is 0 Å². The fourth-order valence-corrected chi connectivity index (χ4v) is 1.74. The molecule has 1 aliphatic heterocycles. The van der Waals surface area contributed by atoms with Crippen LogP contribution < -0.4 is 5.73 Å². The summed E-state index contributed by atoms with van der Waals surface area (Å²) >= 11 is 0. The van der Waals surface area contributed by atoms with Crippen molar-refractivity contribution in [1.29, 1.82) is 0 Å².